The summed E-state index contributed by atoms with van der Waals surface area (Å²) in [5.74, 6) is 0. The smallest absolute Gasteiger partial charge is 0.117 e. The van der Waals surface area contributed by atoms with Crippen molar-refractivity contribution in [1.82, 2.24) is 0 Å². The van der Waals surface area contributed by atoms with Crippen molar-refractivity contribution >= 4 is 35.5 Å². The molecule has 0 unspecified atom stereocenters. The molecule has 4 heteroatoms. The topological polar surface area (TPSA) is 50.8 Å². The number of para-hydroxylation sites is 2. The van der Waals surface area contributed by atoms with Gasteiger partial charge in [-0.3, -0.25) is 0 Å². The molecule has 0 spiro atoms. The summed E-state index contributed by atoms with van der Waals surface area (Å²) >= 11 is 0. The normalized spacial score (nSPS) is 13.9. The summed E-state index contributed by atoms with van der Waals surface area (Å²) in [6.07, 6.45) is 0. The highest BCUT2D eigenvalue weighted by Crippen LogP contribution is 2.38. The third-order valence-electron chi connectivity index (χ3n) is 5.07. The van der Waals surface area contributed by atoms with E-state index in [1.807, 2.05) is 24.3 Å². The average molecular weight is 351 g/mol. The number of hydrogen-bond donors (Lipinski definition) is 0. The van der Waals surface area contributed by atoms with Gasteiger partial charge < -0.3 is 4.90 Å². The Balaban J connectivity index is 2.05. The predicted octanol–water partition coefficient (Wildman–Crippen LogP) is 4.04. The lowest BCUT2D eigenvalue weighted by Crippen LogP contribution is -2.58. The van der Waals surface area contributed by atoms with Crippen LogP contribution in [0.1, 0.15) is 11.1 Å². The molecule has 0 aliphatic carbocycles. The highest BCUT2D eigenvalue weighted by molar-refractivity contribution is 7.02. The summed E-state index contributed by atoms with van der Waals surface area (Å²) in [5.41, 5.74) is 4.13. The molecule has 1 heterocycles. The first-order valence-corrected chi connectivity index (χ1v) is 11.5. The van der Waals surface area contributed by atoms with Crippen molar-refractivity contribution in [2.45, 2.75) is 13.1 Å². The SMILES string of the molecule is C[Si]1(C)c2ccccc2N(c2cc(C#N)cc(C#N)c2)c2ccccc21. The van der Waals surface area contributed by atoms with E-state index in [1.54, 1.807) is 6.07 Å². The Morgan fingerprint density at radius 1 is 0.731 bits per heavy atom. The van der Waals surface area contributed by atoms with Crippen LogP contribution in [-0.4, -0.2) is 8.07 Å². The van der Waals surface area contributed by atoms with E-state index >= 15 is 0 Å². The minimum atomic E-state index is -1.82. The van der Waals surface area contributed by atoms with Crippen LogP contribution in [0, 0.1) is 22.7 Å². The van der Waals surface area contributed by atoms with Crippen molar-refractivity contribution in [2.75, 3.05) is 4.90 Å². The maximum Gasteiger partial charge on any atom is 0.117 e. The van der Waals surface area contributed by atoms with E-state index in [2.05, 4.69) is 66.5 Å². The van der Waals surface area contributed by atoms with Crippen LogP contribution < -0.4 is 15.3 Å². The van der Waals surface area contributed by atoms with Gasteiger partial charge >= 0.3 is 0 Å². The molecule has 4 rings (SSSR count). The average Bonchev–Trinajstić information content (AvgIpc) is 2.68. The summed E-state index contributed by atoms with van der Waals surface area (Å²) in [6, 6.07) is 26.6. The molecule has 0 atom stereocenters. The number of benzene rings is 3. The first kappa shape index (κ1) is 16.1. The minimum Gasteiger partial charge on any atom is -0.311 e. The molecule has 0 aromatic heterocycles. The Kier molecular flexibility index (Phi) is 3.65. The number of nitrogens with zero attached hydrogens (tertiary/aromatic N) is 3. The van der Waals surface area contributed by atoms with Crippen LogP contribution >= 0.6 is 0 Å². The van der Waals surface area contributed by atoms with Crippen molar-refractivity contribution in [1.29, 1.82) is 10.5 Å². The second-order valence-corrected chi connectivity index (χ2v) is 11.3. The van der Waals surface area contributed by atoms with Crippen LogP contribution in [0.15, 0.2) is 66.7 Å². The molecule has 0 fully saturated rings. The van der Waals surface area contributed by atoms with Crippen molar-refractivity contribution in [2.24, 2.45) is 0 Å². The first-order valence-electron chi connectivity index (χ1n) is 8.50. The van der Waals surface area contributed by atoms with Crippen molar-refractivity contribution in [3.63, 3.8) is 0 Å². The number of anilines is 3. The molecular formula is C22H17N3Si. The Labute approximate surface area is 154 Å². The van der Waals surface area contributed by atoms with E-state index < -0.39 is 8.07 Å². The number of hydrogen-bond acceptors (Lipinski definition) is 3. The third kappa shape index (κ3) is 2.32. The second kappa shape index (κ2) is 5.88. The lowest BCUT2D eigenvalue weighted by atomic mass is 10.1. The molecule has 3 aromatic rings. The number of fused-ring (bicyclic) bond motifs is 2. The molecular weight excluding hydrogens is 334 g/mol. The van der Waals surface area contributed by atoms with Gasteiger partial charge in [-0.25, -0.2) is 0 Å². The van der Waals surface area contributed by atoms with Crippen molar-refractivity contribution in [3.05, 3.63) is 77.9 Å². The van der Waals surface area contributed by atoms with Gasteiger partial charge in [0.15, 0.2) is 0 Å². The summed E-state index contributed by atoms with van der Waals surface area (Å²) < 4.78 is 0. The predicted molar refractivity (Wildman–Crippen MR) is 107 cm³/mol. The fraction of sp³-hybridized carbons (Fsp3) is 0.0909. The van der Waals surface area contributed by atoms with Gasteiger partial charge in [-0.1, -0.05) is 49.5 Å². The van der Waals surface area contributed by atoms with Gasteiger partial charge in [0.1, 0.15) is 8.07 Å². The molecule has 0 N–H and O–H groups in total. The molecule has 3 aromatic carbocycles. The van der Waals surface area contributed by atoms with Gasteiger partial charge in [-0.05, 0) is 40.7 Å². The highest BCUT2D eigenvalue weighted by atomic mass is 28.3. The number of nitriles is 2. The van der Waals surface area contributed by atoms with E-state index in [4.69, 9.17) is 0 Å². The summed E-state index contributed by atoms with van der Waals surface area (Å²) in [4.78, 5) is 2.19. The van der Waals surface area contributed by atoms with Crippen molar-refractivity contribution < 1.29 is 0 Å². The lowest BCUT2D eigenvalue weighted by molar-refractivity contribution is 1.27. The lowest BCUT2D eigenvalue weighted by Gasteiger charge is -2.41. The summed E-state index contributed by atoms with van der Waals surface area (Å²) in [7, 11) is -1.82. The standard InChI is InChI=1S/C22H17N3Si/c1-26(2)21-9-5-3-7-19(21)25(20-8-4-6-10-22(20)26)18-12-16(14-23)11-17(13-18)15-24/h3-13H,1-2H3. The summed E-state index contributed by atoms with van der Waals surface area (Å²) in [5, 5.41) is 21.5. The maximum absolute atomic E-state index is 9.38. The highest BCUT2D eigenvalue weighted by Gasteiger charge is 2.38. The number of rotatable bonds is 1. The molecule has 0 radical (unpaired) electrons. The second-order valence-electron chi connectivity index (χ2n) is 6.99. The van der Waals surface area contributed by atoms with Crippen LogP contribution in [0.4, 0.5) is 17.1 Å². The first-order chi connectivity index (χ1) is 12.6. The van der Waals surface area contributed by atoms with E-state index in [-0.39, 0.29) is 0 Å². The third-order valence-corrected chi connectivity index (χ3v) is 8.61. The zero-order chi connectivity index (χ0) is 18.3. The van der Waals surface area contributed by atoms with Gasteiger partial charge in [-0.15, -0.1) is 0 Å². The zero-order valence-corrected chi connectivity index (χ0v) is 15.7. The van der Waals surface area contributed by atoms with E-state index in [1.165, 1.54) is 10.4 Å². The Bertz CT molecular complexity index is 1020. The van der Waals surface area contributed by atoms with Crippen LogP contribution in [0.2, 0.25) is 13.1 Å². The van der Waals surface area contributed by atoms with Gasteiger partial charge in [0, 0.05) is 17.1 Å². The van der Waals surface area contributed by atoms with Gasteiger partial charge in [0.25, 0.3) is 0 Å². The monoisotopic (exact) mass is 351 g/mol. The van der Waals surface area contributed by atoms with Crippen LogP contribution in [0.3, 0.4) is 0 Å². The van der Waals surface area contributed by atoms with Crippen LogP contribution in [0.25, 0.3) is 0 Å². The Morgan fingerprint density at radius 2 is 1.19 bits per heavy atom. The molecule has 0 saturated heterocycles. The maximum atomic E-state index is 9.38. The molecule has 26 heavy (non-hydrogen) atoms. The van der Waals surface area contributed by atoms with Gasteiger partial charge in [0.05, 0.1) is 23.3 Å². The molecule has 1 aliphatic heterocycles. The summed E-state index contributed by atoms with van der Waals surface area (Å²) in [6.45, 7) is 4.74. The minimum absolute atomic E-state index is 0.496. The Hall–Kier alpha value is -3.34. The Morgan fingerprint density at radius 3 is 1.65 bits per heavy atom. The van der Waals surface area contributed by atoms with E-state index in [0.717, 1.165) is 17.1 Å². The van der Waals surface area contributed by atoms with Gasteiger partial charge in [-0.2, -0.15) is 10.5 Å². The van der Waals surface area contributed by atoms with Crippen LogP contribution in [0.5, 0.6) is 0 Å². The largest absolute Gasteiger partial charge is 0.311 e. The molecule has 0 saturated carbocycles. The molecule has 0 amide bonds. The molecule has 3 nitrogen and oxygen atoms in total. The fourth-order valence-electron chi connectivity index (χ4n) is 3.82. The van der Waals surface area contributed by atoms with Gasteiger partial charge in [0.2, 0.25) is 0 Å². The quantitative estimate of drug-likeness (QED) is 0.622. The molecule has 1 aliphatic rings. The van der Waals surface area contributed by atoms with E-state index in [9.17, 15) is 10.5 Å². The fourth-order valence-corrected chi connectivity index (χ4v) is 6.80. The van der Waals surface area contributed by atoms with Crippen LogP contribution in [-0.2, 0) is 0 Å². The zero-order valence-electron chi connectivity index (χ0n) is 14.7. The molecule has 0 bridgehead atoms. The molecule has 124 valence electrons. The van der Waals surface area contributed by atoms with Crippen molar-refractivity contribution in [3.8, 4) is 12.1 Å². The van der Waals surface area contributed by atoms with E-state index in [0.29, 0.717) is 11.1 Å².